The Hall–Kier alpha value is -1.09. The molecule has 0 spiro atoms. The lowest BCUT2D eigenvalue weighted by Gasteiger charge is -2.16. The molecule has 3 nitrogen and oxygen atoms in total. The maximum Gasteiger partial charge on any atom is 0.218 e. The van der Waals surface area contributed by atoms with Gasteiger partial charge in [-0.15, -0.1) is 0 Å². The first-order valence-electron chi connectivity index (χ1n) is 7.08. The molecule has 2 N–H and O–H groups in total. The zero-order valence-corrected chi connectivity index (χ0v) is 11.3. The molecule has 0 atom stereocenters. The van der Waals surface area contributed by atoms with Crippen molar-refractivity contribution in [3.05, 3.63) is 23.4 Å². The van der Waals surface area contributed by atoms with Gasteiger partial charge in [-0.3, -0.25) is 0 Å². The SMILES string of the molecule is Cc1ccnc(OCC2CCCCCC2)c1CN. The van der Waals surface area contributed by atoms with E-state index < -0.39 is 0 Å². The molecule has 1 aromatic rings. The van der Waals surface area contributed by atoms with E-state index in [9.17, 15) is 0 Å². The quantitative estimate of drug-likeness (QED) is 0.832. The van der Waals surface area contributed by atoms with Gasteiger partial charge < -0.3 is 10.5 Å². The van der Waals surface area contributed by atoms with Gasteiger partial charge in [0.25, 0.3) is 0 Å². The van der Waals surface area contributed by atoms with Crippen molar-refractivity contribution in [2.45, 2.75) is 52.0 Å². The Labute approximate surface area is 110 Å². The summed E-state index contributed by atoms with van der Waals surface area (Å²) in [5.41, 5.74) is 7.98. The van der Waals surface area contributed by atoms with Crippen molar-refractivity contribution in [1.29, 1.82) is 0 Å². The molecule has 0 aromatic carbocycles. The summed E-state index contributed by atoms with van der Waals surface area (Å²) in [7, 11) is 0. The molecule has 1 aliphatic rings. The third kappa shape index (κ3) is 3.45. The van der Waals surface area contributed by atoms with Crippen LogP contribution in [0.4, 0.5) is 0 Å². The predicted molar refractivity (Wildman–Crippen MR) is 73.6 cm³/mol. The minimum absolute atomic E-state index is 0.500. The Balaban J connectivity index is 1.94. The summed E-state index contributed by atoms with van der Waals surface area (Å²) in [6, 6.07) is 1.99. The van der Waals surface area contributed by atoms with Crippen LogP contribution in [0.5, 0.6) is 5.88 Å². The second-order valence-corrected chi connectivity index (χ2v) is 5.28. The maximum atomic E-state index is 5.91. The van der Waals surface area contributed by atoms with Gasteiger partial charge in [-0.25, -0.2) is 4.98 Å². The third-order valence-corrected chi connectivity index (χ3v) is 3.89. The highest BCUT2D eigenvalue weighted by atomic mass is 16.5. The van der Waals surface area contributed by atoms with Gasteiger partial charge in [0, 0.05) is 18.3 Å². The van der Waals surface area contributed by atoms with Crippen LogP contribution in [0.15, 0.2) is 12.3 Å². The maximum absolute atomic E-state index is 5.91. The van der Waals surface area contributed by atoms with Gasteiger partial charge in [0.15, 0.2) is 0 Å². The average molecular weight is 248 g/mol. The van der Waals surface area contributed by atoms with Crippen LogP contribution in [0.2, 0.25) is 0 Å². The van der Waals surface area contributed by atoms with Gasteiger partial charge >= 0.3 is 0 Å². The summed E-state index contributed by atoms with van der Waals surface area (Å²) in [5.74, 6) is 1.43. The summed E-state index contributed by atoms with van der Waals surface area (Å²) in [6.45, 7) is 3.35. The summed E-state index contributed by atoms with van der Waals surface area (Å²) in [5, 5.41) is 0. The molecule has 1 aromatic heterocycles. The number of rotatable bonds is 4. The highest BCUT2D eigenvalue weighted by Crippen LogP contribution is 2.25. The fraction of sp³-hybridized carbons (Fsp3) is 0.667. The number of hydrogen-bond donors (Lipinski definition) is 1. The van der Waals surface area contributed by atoms with Gasteiger partial charge in [-0.1, -0.05) is 25.7 Å². The van der Waals surface area contributed by atoms with Crippen molar-refractivity contribution in [2.24, 2.45) is 11.7 Å². The molecule has 18 heavy (non-hydrogen) atoms. The lowest BCUT2D eigenvalue weighted by atomic mass is 10.0. The molecule has 1 aliphatic carbocycles. The molecule has 0 bridgehead atoms. The zero-order valence-electron chi connectivity index (χ0n) is 11.3. The molecule has 0 unspecified atom stereocenters. The molecular formula is C15H24N2O. The zero-order chi connectivity index (χ0) is 12.8. The van der Waals surface area contributed by atoms with E-state index in [0.29, 0.717) is 12.5 Å². The van der Waals surface area contributed by atoms with Gasteiger partial charge in [-0.2, -0.15) is 0 Å². The molecule has 0 saturated heterocycles. The van der Waals surface area contributed by atoms with Gasteiger partial charge in [0.2, 0.25) is 5.88 Å². The lowest BCUT2D eigenvalue weighted by molar-refractivity contribution is 0.224. The first kappa shape index (κ1) is 13.3. The molecule has 2 rings (SSSR count). The number of ether oxygens (including phenoxy) is 1. The van der Waals surface area contributed by atoms with Gasteiger partial charge in [-0.05, 0) is 37.3 Å². The van der Waals surface area contributed by atoms with Crippen molar-refractivity contribution in [2.75, 3.05) is 6.61 Å². The van der Waals surface area contributed by atoms with Crippen molar-refractivity contribution in [3.8, 4) is 5.88 Å². The smallest absolute Gasteiger partial charge is 0.218 e. The van der Waals surface area contributed by atoms with E-state index in [-0.39, 0.29) is 0 Å². The Bertz CT molecular complexity index is 371. The summed E-state index contributed by atoms with van der Waals surface area (Å²) in [6.07, 6.45) is 9.85. The third-order valence-electron chi connectivity index (χ3n) is 3.89. The van der Waals surface area contributed by atoms with Crippen LogP contribution in [0.3, 0.4) is 0 Å². The Morgan fingerprint density at radius 2 is 2.00 bits per heavy atom. The first-order chi connectivity index (χ1) is 8.81. The topological polar surface area (TPSA) is 48.1 Å². The normalized spacial score (nSPS) is 17.4. The Kier molecular flexibility index (Phi) is 5.00. The van der Waals surface area contributed by atoms with Crippen LogP contribution < -0.4 is 10.5 Å². The van der Waals surface area contributed by atoms with Crippen molar-refractivity contribution < 1.29 is 4.74 Å². The van der Waals surface area contributed by atoms with E-state index >= 15 is 0 Å². The lowest BCUT2D eigenvalue weighted by Crippen LogP contribution is -2.14. The monoisotopic (exact) mass is 248 g/mol. The second-order valence-electron chi connectivity index (χ2n) is 5.28. The fourth-order valence-electron chi connectivity index (χ4n) is 2.66. The Morgan fingerprint density at radius 1 is 1.28 bits per heavy atom. The Morgan fingerprint density at radius 3 is 2.67 bits per heavy atom. The van der Waals surface area contributed by atoms with E-state index in [4.69, 9.17) is 10.5 Å². The number of aryl methyl sites for hydroxylation is 1. The number of hydrogen-bond acceptors (Lipinski definition) is 3. The minimum atomic E-state index is 0.500. The highest BCUT2D eigenvalue weighted by molar-refractivity contribution is 5.33. The molecule has 1 fully saturated rings. The standard InChI is InChI=1S/C15H24N2O/c1-12-8-9-17-15(14(12)10-16)18-11-13-6-4-2-3-5-7-13/h8-9,13H,2-7,10-11,16H2,1H3. The van der Waals surface area contributed by atoms with Crippen molar-refractivity contribution in [1.82, 2.24) is 4.98 Å². The van der Waals surface area contributed by atoms with E-state index in [0.717, 1.165) is 18.1 Å². The molecule has 3 heteroatoms. The molecule has 1 saturated carbocycles. The van der Waals surface area contributed by atoms with E-state index in [1.807, 2.05) is 6.07 Å². The molecule has 0 amide bonds. The van der Waals surface area contributed by atoms with Crippen LogP contribution in [0, 0.1) is 12.8 Å². The molecular weight excluding hydrogens is 224 g/mol. The van der Waals surface area contributed by atoms with E-state index in [1.165, 1.54) is 44.1 Å². The van der Waals surface area contributed by atoms with Crippen LogP contribution in [-0.2, 0) is 6.54 Å². The first-order valence-corrected chi connectivity index (χ1v) is 7.08. The average Bonchev–Trinajstić information content (AvgIpc) is 2.65. The fourth-order valence-corrected chi connectivity index (χ4v) is 2.66. The van der Waals surface area contributed by atoms with E-state index in [1.54, 1.807) is 6.20 Å². The van der Waals surface area contributed by atoms with Crippen LogP contribution in [0.1, 0.15) is 49.7 Å². The van der Waals surface area contributed by atoms with Crippen LogP contribution in [-0.4, -0.2) is 11.6 Å². The minimum Gasteiger partial charge on any atom is -0.477 e. The number of nitrogens with zero attached hydrogens (tertiary/aromatic N) is 1. The molecule has 0 radical (unpaired) electrons. The van der Waals surface area contributed by atoms with Crippen LogP contribution >= 0.6 is 0 Å². The predicted octanol–water partition coefficient (Wildman–Crippen LogP) is 3.20. The highest BCUT2D eigenvalue weighted by Gasteiger charge is 2.14. The largest absolute Gasteiger partial charge is 0.477 e. The molecule has 100 valence electrons. The number of pyridine rings is 1. The summed E-state index contributed by atoms with van der Waals surface area (Å²) in [4.78, 5) is 4.32. The second kappa shape index (κ2) is 6.74. The summed E-state index contributed by atoms with van der Waals surface area (Å²) >= 11 is 0. The molecule has 1 heterocycles. The van der Waals surface area contributed by atoms with Crippen molar-refractivity contribution >= 4 is 0 Å². The van der Waals surface area contributed by atoms with Gasteiger partial charge in [0.05, 0.1) is 6.61 Å². The van der Waals surface area contributed by atoms with Crippen LogP contribution in [0.25, 0.3) is 0 Å². The number of nitrogens with two attached hydrogens (primary N) is 1. The summed E-state index contributed by atoms with van der Waals surface area (Å²) < 4.78 is 5.91. The molecule has 0 aliphatic heterocycles. The van der Waals surface area contributed by atoms with Crippen molar-refractivity contribution in [3.63, 3.8) is 0 Å². The number of aromatic nitrogens is 1. The van der Waals surface area contributed by atoms with Gasteiger partial charge in [0.1, 0.15) is 0 Å². The van der Waals surface area contributed by atoms with E-state index in [2.05, 4.69) is 11.9 Å².